The van der Waals surface area contributed by atoms with Crippen LogP contribution < -0.4 is 10.2 Å². The average Bonchev–Trinajstić information content (AvgIpc) is 2.57. The molecule has 0 aliphatic carbocycles. The molecule has 0 aliphatic rings. The van der Waals surface area contributed by atoms with E-state index >= 15 is 0 Å². The van der Waals surface area contributed by atoms with Crippen LogP contribution in [0.25, 0.3) is 0 Å². The zero-order chi connectivity index (χ0) is 18.4. The normalized spacial score (nSPS) is 12.1. The van der Waals surface area contributed by atoms with Crippen molar-refractivity contribution in [3.8, 4) is 0 Å². The van der Waals surface area contributed by atoms with Crippen LogP contribution >= 0.6 is 0 Å². The Hall–Kier alpha value is -2.40. The number of carbonyl (C=O) groups excluding carboxylic acids is 1. The number of nitrogens with zero attached hydrogens (tertiary/aromatic N) is 2. The minimum absolute atomic E-state index is 0.0663. The van der Waals surface area contributed by atoms with Crippen molar-refractivity contribution >= 4 is 11.6 Å². The van der Waals surface area contributed by atoms with E-state index in [0.29, 0.717) is 6.54 Å². The molecule has 0 radical (unpaired) electrons. The van der Waals surface area contributed by atoms with Crippen molar-refractivity contribution in [1.29, 1.82) is 0 Å². The van der Waals surface area contributed by atoms with Gasteiger partial charge in [-0.1, -0.05) is 24.3 Å². The highest BCUT2D eigenvalue weighted by molar-refractivity contribution is 5.78. The lowest BCUT2D eigenvalue weighted by molar-refractivity contribution is -0.120. The molecule has 2 aromatic rings. The summed E-state index contributed by atoms with van der Waals surface area (Å²) in [6.45, 7) is 0.522. The van der Waals surface area contributed by atoms with E-state index in [2.05, 4.69) is 39.4 Å². The van der Waals surface area contributed by atoms with Gasteiger partial charge in [0.2, 0.25) is 5.91 Å². The summed E-state index contributed by atoms with van der Waals surface area (Å²) in [6.07, 6.45) is 0.250. The van der Waals surface area contributed by atoms with Crippen molar-refractivity contribution in [2.24, 2.45) is 0 Å². The van der Waals surface area contributed by atoms with Crippen LogP contribution in [0.2, 0.25) is 0 Å². The van der Waals surface area contributed by atoms with Crippen molar-refractivity contribution in [2.45, 2.75) is 12.5 Å². The van der Waals surface area contributed by atoms with E-state index in [9.17, 15) is 9.18 Å². The highest BCUT2D eigenvalue weighted by Gasteiger charge is 2.15. The van der Waals surface area contributed by atoms with E-state index in [0.717, 1.165) is 16.8 Å². The third kappa shape index (κ3) is 5.57. The number of hydrogen-bond acceptors (Lipinski definition) is 3. The Morgan fingerprint density at radius 3 is 2.12 bits per heavy atom. The molecule has 25 heavy (non-hydrogen) atoms. The standard InChI is InChI=1S/C20H26FN3O/c1-23(2)18-11-7-16(8-12-18)19(24(3)4)14-22-20(25)13-15-5-9-17(21)10-6-15/h5-12,19H,13-14H2,1-4H3,(H,22,25). The van der Waals surface area contributed by atoms with E-state index in [1.54, 1.807) is 12.1 Å². The van der Waals surface area contributed by atoms with Gasteiger partial charge in [-0.05, 0) is 49.5 Å². The number of nitrogens with one attached hydrogen (secondary N) is 1. The first-order valence-corrected chi connectivity index (χ1v) is 8.31. The van der Waals surface area contributed by atoms with Gasteiger partial charge < -0.3 is 15.1 Å². The van der Waals surface area contributed by atoms with E-state index in [-0.39, 0.29) is 24.2 Å². The fraction of sp³-hybridized carbons (Fsp3) is 0.350. The molecular formula is C20H26FN3O. The van der Waals surface area contributed by atoms with E-state index in [1.807, 2.05) is 28.2 Å². The summed E-state index contributed by atoms with van der Waals surface area (Å²) in [7, 11) is 8.01. The second-order valence-electron chi connectivity index (χ2n) is 6.57. The number of rotatable bonds is 7. The topological polar surface area (TPSA) is 35.6 Å². The Morgan fingerprint density at radius 1 is 1.00 bits per heavy atom. The van der Waals surface area contributed by atoms with Crippen LogP contribution in [-0.4, -0.2) is 45.5 Å². The number of likely N-dealkylation sites (N-methyl/N-ethyl adjacent to an activating group) is 1. The van der Waals surface area contributed by atoms with E-state index < -0.39 is 0 Å². The summed E-state index contributed by atoms with van der Waals surface area (Å²) >= 11 is 0. The van der Waals surface area contributed by atoms with Crippen molar-refractivity contribution < 1.29 is 9.18 Å². The summed E-state index contributed by atoms with van der Waals surface area (Å²) in [5.74, 6) is -0.360. The zero-order valence-electron chi connectivity index (χ0n) is 15.3. The molecule has 0 saturated carbocycles. The monoisotopic (exact) mass is 343 g/mol. The van der Waals surface area contributed by atoms with Crippen LogP contribution in [0.4, 0.5) is 10.1 Å². The molecule has 1 atom stereocenters. The molecule has 0 aliphatic heterocycles. The fourth-order valence-corrected chi connectivity index (χ4v) is 2.65. The first-order chi connectivity index (χ1) is 11.9. The molecule has 0 aromatic heterocycles. The van der Waals surface area contributed by atoms with Crippen LogP contribution in [-0.2, 0) is 11.2 Å². The van der Waals surface area contributed by atoms with Gasteiger partial charge in [-0.3, -0.25) is 4.79 Å². The lowest BCUT2D eigenvalue weighted by atomic mass is 10.0. The smallest absolute Gasteiger partial charge is 0.224 e. The van der Waals surface area contributed by atoms with Crippen LogP contribution in [0, 0.1) is 5.82 Å². The summed E-state index contributed by atoms with van der Waals surface area (Å²) < 4.78 is 12.9. The molecule has 134 valence electrons. The third-order valence-corrected chi connectivity index (χ3v) is 4.19. The van der Waals surface area contributed by atoms with Gasteiger partial charge in [0.1, 0.15) is 5.82 Å². The highest BCUT2D eigenvalue weighted by Crippen LogP contribution is 2.21. The maximum Gasteiger partial charge on any atom is 0.224 e. The van der Waals surface area contributed by atoms with E-state index in [1.165, 1.54) is 12.1 Å². The number of halogens is 1. The quantitative estimate of drug-likeness (QED) is 0.840. The number of anilines is 1. The van der Waals surface area contributed by atoms with Crippen molar-refractivity contribution in [3.05, 3.63) is 65.5 Å². The Labute approximate surface area is 149 Å². The first kappa shape index (κ1) is 18.9. The second kappa shape index (κ2) is 8.62. The minimum Gasteiger partial charge on any atom is -0.378 e. The molecule has 0 heterocycles. The lowest BCUT2D eigenvalue weighted by Gasteiger charge is -2.26. The van der Waals surface area contributed by atoms with Gasteiger partial charge in [-0.25, -0.2) is 4.39 Å². The van der Waals surface area contributed by atoms with E-state index in [4.69, 9.17) is 0 Å². The van der Waals surface area contributed by atoms with Gasteiger partial charge in [-0.2, -0.15) is 0 Å². The molecule has 1 N–H and O–H groups in total. The molecule has 0 fully saturated rings. The molecule has 2 aromatic carbocycles. The molecule has 1 amide bonds. The number of amides is 1. The summed E-state index contributed by atoms with van der Waals surface area (Å²) in [5, 5.41) is 2.98. The van der Waals surface area contributed by atoms with Gasteiger partial charge in [0, 0.05) is 26.3 Å². The number of carbonyl (C=O) groups is 1. The van der Waals surface area contributed by atoms with Crippen LogP contribution in [0.15, 0.2) is 48.5 Å². The molecule has 0 bridgehead atoms. The van der Waals surface area contributed by atoms with Gasteiger partial charge in [0.25, 0.3) is 0 Å². The van der Waals surface area contributed by atoms with Crippen molar-refractivity contribution in [1.82, 2.24) is 10.2 Å². The molecule has 0 spiro atoms. The second-order valence-corrected chi connectivity index (χ2v) is 6.57. The van der Waals surface area contributed by atoms with Crippen LogP contribution in [0.3, 0.4) is 0 Å². The number of hydrogen-bond donors (Lipinski definition) is 1. The molecule has 1 unspecified atom stereocenters. The Balaban J connectivity index is 1.96. The van der Waals surface area contributed by atoms with Gasteiger partial charge in [0.05, 0.1) is 12.5 Å². The Kier molecular flexibility index (Phi) is 6.53. The van der Waals surface area contributed by atoms with Gasteiger partial charge in [-0.15, -0.1) is 0 Å². The largest absolute Gasteiger partial charge is 0.378 e. The average molecular weight is 343 g/mol. The zero-order valence-corrected chi connectivity index (χ0v) is 15.3. The number of benzene rings is 2. The molecule has 0 saturated heterocycles. The third-order valence-electron chi connectivity index (χ3n) is 4.19. The van der Waals surface area contributed by atoms with Crippen molar-refractivity contribution in [2.75, 3.05) is 39.6 Å². The first-order valence-electron chi connectivity index (χ1n) is 8.31. The fourth-order valence-electron chi connectivity index (χ4n) is 2.65. The van der Waals surface area contributed by atoms with Crippen LogP contribution in [0.5, 0.6) is 0 Å². The van der Waals surface area contributed by atoms with Crippen LogP contribution in [0.1, 0.15) is 17.2 Å². The maximum atomic E-state index is 12.9. The molecule has 4 nitrogen and oxygen atoms in total. The molecule has 2 rings (SSSR count). The summed E-state index contributed by atoms with van der Waals surface area (Å²) in [4.78, 5) is 16.3. The summed E-state index contributed by atoms with van der Waals surface area (Å²) in [5.41, 5.74) is 3.09. The summed E-state index contributed by atoms with van der Waals surface area (Å²) in [6, 6.07) is 14.4. The predicted octanol–water partition coefficient (Wildman–Crippen LogP) is 2.85. The lowest BCUT2D eigenvalue weighted by Crippen LogP contribution is -2.35. The maximum absolute atomic E-state index is 12.9. The SMILES string of the molecule is CN(C)c1ccc(C(CNC(=O)Cc2ccc(F)cc2)N(C)C)cc1. The van der Waals surface area contributed by atoms with Crippen molar-refractivity contribution in [3.63, 3.8) is 0 Å². The van der Waals surface area contributed by atoms with Gasteiger partial charge in [0.15, 0.2) is 0 Å². The highest BCUT2D eigenvalue weighted by atomic mass is 19.1. The van der Waals surface area contributed by atoms with Gasteiger partial charge >= 0.3 is 0 Å². The molecular weight excluding hydrogens is 317 g/mol. The minimum atomic E-state index is -0.294. The predicted molar refractivity (Wildman–Crippen MR) is 100 cm³/mol. The Morgan fingerprint density at radius 2 is 1.60 bits per heavy atom. The Bertz CT molecular complexity index is 681. The molecule has 5 heteroatoms.